The second-order valence-electron chi connectivity index (χ2n) is 12.7. The second kappa shape index (κ2) is 14.5. The largest absolute Gasteiger partial charge is 0.444 e. The molecule has 2 amide bonds. The number of nitrogens with one attached hydrogen (secondary N) is 1. The quantitative estimate of drug-likeness (QED) is 0.181. The van der Waals surface area contributed by atoms with Gasteiger partial charge in [-0.05, 0) is 59.9 Å². The number of carbonyl (C=O) groups excluding carboxylic acids is 2. The summed E-state index contributed by atoms with van der Waals surface area (Å²) in [7, 11) is 0. The van der Waals surface area contributed by atoms with E-state index in [0.29, 0.717) is 24.8 Å². The Kier molecular flexibility index (Phi) is 11.3. The Balaban J connectivity index is 1.55. The van der Waals surface area contributed by atoms with Crippen molar-refractivity contribution in [2.45, 2.75) is 117 Å². The highest BCUT2D eigenvalue weighted by atomic mass is 16.6. The lowest BCUT2D eigenvalue weighted by atomic mass is 10.0. The van der Waals surface area contributed by atoms with Crippen molar-refractivity contribution >= 4 is 18.1 Å². The van der Waals surface area contributed by atoms with Gasteiger partial charge in [0.2, 0.25) is 17.7 Å². The number of carbonyl (C=O) groups is 2. The maximum atomic E-state index is 12.4. The zero-order valence-electron chi connectivity index (χ0n) is 25.8. The van der Waals surface area contributed by atoms with E-state index in [4.69, 9.17) is 14.0 Å². The van der Waals surface area contributed by atoms with Crippen LogP contribution in [0.15, 0.2) is 33.8 Å². The molecule has 1 N–H and O–H groups in total. The molecule has 0 atom stereocenters. The number of rotatable bonds is 10. The Labute approximate surface area is 244 Å². The number of benzene rings is 1. The maximum Gasteiger partial charge on any atom is 0.437 e. The third kappa shape index (κ3) is 11.2. The summed E-state index contributed by atoms with van der Waals surface area (Å²) >= 11 is 0. The Bertz CT molecular complexity index is 1150. The molecule has 1 aliphatic heterocycles. The molecule has 1 fully saturated rings. The first kappa shape index (κ1) is 32.1. The van der Waals surface area contributed by atoms with E-state index in [9.17, 15) is 9.59 Å². The fourth-order valence-corrected chi connectivity index (χ4v) is 4.38. The van der Waals surface area contributed by atoms with Gasteiger partial charge in [-0.25, -0.2) is 9.59 Å². The standard InChI is InChI=1S/C31H47N5O5/c1-8-9-10-11-12-13-14-15-22-16-18-23(19-17-22)25-32-26(41-35-25)24-20-36(21-24)27(33-28(37)39-30(2,3)4)34-29(38)40-31(5,6)7/h16-19,24H,8-15,20-21H2,1-7H3,(H,33,34,37,38). The number of hydrogen-bond donors (Lipinski definition) is 1. The highest BCUT2D eigenvalue weighted by Crippen LogP contribution is 2.28. The van der Waals surface area contributed by atoms with Crippen molar-refractivity contribution in [1.29, 1.82) is 0 Å². The summed E-state index contributed by atoms with van der Waals surface area (Å²) in [4.78, 5) is 35.1. The first-order valence-corrected chi connectivity index (χ1v) is 14.8. The van der Waals surface area contributed by atoms with E-state index < -0.39 is 23.4 Å². The van der Waals surface area contributed by atoms with Crippen molar-refractivity contribution in [3.8, 4) is 11.4 Å². The van der Waals surface area contributed by atoms with Crippen LogP contribution in [0.4, 0.5) is 9.59 Å². The van der Waals surface area contributed by atoms with Crippen LogP contribution in [0.1, 0.15) is 111 Å². The number of aromatic nitrogens is 2. The van der Waals surface area contributed by atoms with E-state index in [2.05, 4.69) is 39.5 Å². The molecule has 1 aromatic carbocycles. The molecule has 2 heterocycles. The lowest BCUT2D eigenvalue weighted by molar-refractivity contribution is 0.0547. The molecule has 2 aromatic rings. The minimum atomic E-state index is -0.803. The summed E-state index contributed by atoms with van der Waals surface area (Å²) in [6.45, 7) is 13.6. The maximum absolute atomic E-state index is 12.4. The van der Waals surface area contributed by atoms with E-state index >= 15 is 0 Å². The van der Waals surface area contributed by atoms with Gasteiger partial charge >= 0.3 is 12.2 Å². The summed E-state index contributed by atoms with van der Waals surface area (Å²) < 4.78 is 16.2. The molecule has 0 spiro atoms. The van der Waals surface area contributed by atoms with Gasteiger partial charge in [0.25, 0.3) is 0 Å². The molecule has 0 bridgehead atoms. The number of ether oxygens (including phenoxy) is 2. The van der Waals surface area contributed by atoms with Crippen LogP contribution in [0, 0.1) is 0 Å². The van der Waals surface area contributed by atoms with E-state index in [0.717, 1.165) is 12.0 Å². The number of amides is 2. The van der Waals surface area contributed by atoms with Gasteiger partial charge < -0.3 is 18.9 Å². The number of aryl methyl sites for hydroxylation is 1. The average molecular weight is 570 g/mol. The van der Waals surface area contributed by atoms with Crippen LogP contribution >= 0.6 is 0 Å². The number of alkyl carbamates (subject to hydrolysis) is 1. The van der Waals surface area contributed by atoms with Crippen molar-refractivity contribution in [1.82, 2.24) is 20.4 Å². The lowest BCUT2D eigenvalue weighted by Gasteiger charge is -2.39. The van der Waals surface area contributed by atoms with Gasteiger partial charge in [0.05, 0.1) is 5.92 Å². The normalized spacial score (nSPS) is 14.5. The molecular formula is C31H47N5O5. The van der Waals surface area contributed by atoms with Gasteiger partial charge in [0.15, 0.2) is 0 Å². The smallest absolute Gasteiger partial charge is 0.437 e. The van der Waals surface area contributed by atoms with Crippen molar-refractivity contribution in [2.24, 2.45) is 4.99 Å². The Morgan fingerprint density at radius 3 is 2.17 bits per heavy atom. The number of nitrogens with zero attached hydrogens (tertiary/aromatic N) is 4. The van der Waals surface area contributed by atoms with Gasteiger partial charge in [-0.3, -0.25) is 5.32 Å². The van der Waals surface area contributed by atoms with Crippen molar-refractivity contribution in [3.63, 3.8) is 0 Å². The predicted octanol–water partition coefficient (Wildman–Crippen LogP) is 7.24. The van der Waals surface area contributed by atoms with Crippen LogP contribution in [-0.2, 0) is 15.9 Å². The number of aliphatic imine (C=N–C) groups is 1. The van der Waals surface area contributed by atoms with Gasteiger partial charge in [0.1, 0.15) is 11.2 Å². The molecule has 0 aliphatic carbocycles. The number of hydrogen-bond acceptors (Lipinski definition) is 7. The van der Waals surface area contributed by atoms with Crippen LogP contribution in [0.5, 0.6) is 0 Å². The van der Waals surface area contributed by atoms with Crippen molar-refractivity contribution < 1.29 is 23.6 Å². The molecule has 41 heavy (non-hydrogen) atoms. The Morgan fingerprint density at radius 1 is 0.951 bits per heavy atom. The molecule has 0 saturated carbocycles. The SMILES string of the molecule is CCCCCCCCCc1ccc(-c2noc(C3CN(C(=NC(=O)OC(C)(C)C)NC(=O)OC(C)(C)C)C3)n2)cc1. The lowest BCUT2D eigenvalue weighted by Crippen LogP contribution is -2.55. The van der Waals surface area contributed by atoms with Crippen LogP contribution < -0.4 is 5.32 Å². The molecular weight excluding hydrogens is 522 g/mol. The predicted molar refractivity (Wildman–Crippen MR) is 159 cm³/mol. The molecule has 0 unspecified atom stereocenters. The summed E-state index contributed by atoms with van der Waals surface area (Å²) in [5, 5.41) is 6.76. The Hall–Kier alpha value is -3.43. The zero-order chi connectivity index (χ0) is 30.0. The zero-order valence-corrected chi connectivity index (χ0v) is 25.8. The fraction of sp³-hybridized carbons (Fsp3) is 0.645. The highest BCUT2D eigenvalue weighted by Gasteiger charge is 2.36. The molecule has 1 saturated heterocycles. The molecule has 0 radical (unpaired) electrons. The third-order valence-corrected chi connectivity index (χ3v) is 6.46. The molecule has 1 aliphatic rings. The number of unbranched alkanes of at least 4 members (excludes halogenated alkanes) is 6. The first-order valence-electron chi connectivity index (χ1n) is 14.8. The van der Waals surface area contributed by atoms with Crippen LogP contribution in [0.2, 0.25) is 0 Å². The molecule has 3 rings (SSSR count). The average Bonchev–Trinajstić information content (AvgIpc) is 3.30. The number of likely N-dealkylation sites (tertiary alicyclic amines) is 1. The van der Waals surface area contributed by atoms with Crippen molar-refractivity contribution in [3.05, 3.63) is 35.7 Å². The molecule has 1 aromatic heterocycles. The van der Waals surface area contributed by atoms with Gasteiger partial charge in [-0.15, -0.1) is 4.99 Å². The monoisotopic (exact) mass is 569 g/mol. The second-order valence-corrected chi connectivity index (χ2v) is 12.7. The first-order chi connectivity index (χ1) is 19.3. The minimum Gasteiger partial charge on any atom is -0.444 e. The van der Waals surface area contributed by atoms with Gasteiger partial charge in [-0.2, -0.15) is 4.98 Å². The minimum absolute atomic E-state index is 0.0565. The van der Waals surface area contributed by atoms with Crippen molar-refractivity contribution in [2.75, 3.05) is 13.1 Å². The summed E-state index contributed by atoms with van der Waals surface area (Å²) in [6, 6.07) is 8.34. The third-order valence-electron chi connectivity index (χ3n) is 6.46. The van der Waals surface area contributed by atoms with E-state index in [1.807, 2.05) is 12.1 Å². The van der Waals surface area contributed by atoms with Gasteiger partial charge in [-0.1, -0.05) is 74.9 Å². The summed E-state index contributed by atoms with van der Waals surface area (Å²) in [5.41, 5.74) is 0.792. The molecule has 10 nitrogen and oxygen atoms in total. The van der Waals surface area contributed by atoms with E-state index in [1.54, 1.807) is 46.4 Å². The van der Waals surface area contributed by atoms with E-state index in [-0.39, 0.29) is 11.9 Å². The van der Waals surface area contributed by atoms with Gasteiger partial charge in [0, 0.05) is 18.7 Å². The van der Waals surface area contributed by atoms with E-state index in [1.165, 1.54) is 50.5 Å². The highest BCUT2D eigenvalue weighted by molar-refractivity contribution is 5.99. The van der Waals surface area contributed by atoms with Crippen LogP contribution in [0.3, 0.4) is 0 Å². The summed E-state index contributed by atoms with van der Waals surface area (Å²) in [6.07, 6.45) is 8.67. The van der Waals surface area contributed by atoms with Crippen LogP contribution in [0.25, 0.3) is 11.4 Å². The Morgan fingerprint density at radius 2 is 1.56 bits per heavy atom. The fourth-order valence-electron chi connectivity index (χ4n) is 4.38. The summed E-state index contributed by atoms with van der Waals surface area (Å²) in [5.74, 6) is 1.02. The topological polar surface area (TPSA) is 119 Å². The molecule has 10 heteroatoms. The van der Waals surface area contributed by atoms with Crippen LogP contribution in [-0.4, -0.2) is 57.5 Å². The molecule has 226 valence electrons. The number of guanidine groups is 1.